The van der Waals surface area contributed by atoms with E-state index >= 15 is 0 Å². The first-order valence-corrected chi connectivity index (χ1v) is 5.33. The van der Waals surface area contributed by atoms with Gasteiger partial charge < -0.3 is 5.32 Å². The molecule has 1 heterocycles. The topological polar surface area (TPSA) is 61.6 Å². The normalized spacial score (nSPS) is 9.71. The summed E-state index contributed by atoms with van der Waals surface area (Å²) in [4.78, 5) is 8.17. The van der Waals surface area contributed by atoms with Crippen LogP contribution in [0.15, 0.2) is 30.3 Å². The van der Waals surface area contributed by atoms with Crippen molar-refractivity contribution in [1.82, 2.24) is 9.97 Å². The highest BCUT2D eigenvalue weighted by Crippen LogP contribution is 2.18. The lowest BCUT2D eigenvalue weighted by Crippen LogP contribution is -1.97. The molecule has 5 heteroatoms. The zero-order chi connectivity index (χ0) is 12.3. The molecule has 1 aromatic heterocycles. The summed E-state index contributed by atoms with van der Waals surface area (Å²) in [5.74, 6) is 1.20. The van der Waals surface area contributed by atoms with E-state index in [1.54, 1.807) is 31.2 Å². The molecule has 0 saturated carbocycles. The van der Waals surface area contributed by atoms with E-state index in [1.165, 1.54) is 0 Å². The van der Waals surface area contributed by atoms with Gasteiger partial charge in [0.05, 0.1) is 11.6 Å². The lowest BCUT2D eigenvalue weighted by Gasteiger charge is -2.06. The van der Waals surface area contributed by atoms with Crippen molar-refractivity contribution in [3.8, 4) is 6.07 Å². The molecule has 0 aliphatic heterocycles. The number of anilines is 2. The van der Waals surface area contributed by atoms with Gasteiger partial charge in [-0.15, -0.1) is 0 Å². The summed E-state index contributed by atoms with van der Waals surface area (Å²) in [5.41, 5.74) is 1.38. The van der Waals surface area contributed by atoms with Crippen molar-refractivity contribution in [3.05, 3.63) is 46.9 Å². The number of nitrogens with one attached hydrogen (secondary N) is 1. The monoisotopic (exact) mass is 244 g/mol. The highest BCUT2D eigenvalue weighted by atomic mass is 35.5. The molecule has 1 N–H and O–H groups in total. The van der Waals surface area contributed by atoms with Crippen molar-refractivity contribution >= 4 is 23.1 Å². The Balaban J connectivity index is 2.28. The van der Waals surface area contributed by atoms with E-state index < -0.39 is 0 Å². The molecule has 0 amide bonds. The second kappa shape index (κ2) is 4.81. The fourth-order valence-electron chi connectivity index (χ4n) is 1.41. The lowest BCUT2D eigenvalue weighted by atomic mass is 10.2. The molecule has 0 aliphatic rings. The number of aryl methyl sites for hydroxylation is 1. The third-order valence-corrected chi connectivity index (χ3v) is 2.26. The van der Waals surface area contributed by atoms with Crippen LogP contribution >= 0.6 is 11.6 Å². The number of halogens is 1. The van der Waals surface area contributed by atoms with Crippen LogP contribution in [0.5, 0.6) is 0 Å². The summed E-state index contributed by atoms with van der Waals surface area (Å²) in [7, 11) is 0. The summed E-state index contributed by atoms with van der Waals surface area (Å²) < 4.78 is 0. The number of nitriles is 1. The van der Waals surface area contributed by atoms with Crippen molar-refractivity contribution in [3.63, 3.8) is 0 Å². The highest BCUT2D eigenvalue weighted by Gasteiger charge is 2.01. The lowest BCUT2D eigenvalue weighted by molar-refractivity contribution is 1.06. The summed E-state index contributed by atoms with van der Waals surface area (Å²) in [6.45, 7) is 1.77. The molecule has 0 bridgehead atoms. The van der Waals surface area contributed by atoms with Crippen LogP contribution in [-0.2, 0) is 0 Å². The molecule has 0 radical (unpaired) electrons. The van der Waals surface area contributed by atoms with Gasteiger partial charge in [0.25, 0.3) is 0 Å². The van der Waals surface area contributed by atoms with E-state index in [-0.39, 0.29) is 0 Å². The number of benzene rings is 1. The maximum absolute atomic E-state index is 8.79. The molecule has 0 aliphatic carbocycles. The molecule has 0 spiro atoms. The molecule has 17 heavy (non-hydrogen) atoms. The zero-order valence-corrected chi connectivity index (χ0v) is 9.86. The molecule has 0 unspecified atom stereocenters. The second-order valence-electron chi connectivity index (χ2n) is 3.44. The predicted octanol–water partition coefficient (Wildman–Crippen LogP) is 3.05. The van der Waals surface area contributed by atoms with Gasteiger partial charge in [0.15, 0.2) is 0 Å². The van der Waals surface area contributed by atoms with Crippen LogP contribution in [0.2, 0.25) is 5.15 Å². The van der Waals surface area contributed by atoms with Gasteiger partial charge in [0.2, 0.25) is 0 Å². The minimum absolute atomic E-state index is 0.386. The molecule has 4 nitrogen and oxygen atoms in total. The molecule has 1 aromatic carbocycles. The van der Waals surface area contributed by atoms with Crippen LogP contribution in [0.25, 0.3) is 0 Å². The molecule has 2 aromatic rings. The summed E-state index contributed by atoms with van der Waals surface area (Å²) >= 11 is 5.83. The Morgan fingerprint density at radius 1 is 1.29 bits per heavy atom. The number of aromatic nitrogens is 2. The van der Waals surface area contributed by atoms with Gasteiger partial charge in [-0.3, -0.25) is 0 Å². The fourth-order valence-corrected chi connectivity index (χ4v) is 1.64. The highest BCUT2D eigenvalue weighted by molar-refractivity contribution is 6.29. The fraction of sp³-hybridized carbons (Fsp3) is 0.0833. The number of hydrogen-bond acceptors (Lipinski definition) is 4. The minimum atomic E-state index is 0.386. The van der Waals surface area contributed by atoms with Crippen LogP contribution in [0.1, 0.15) is 11.4 Å². The largest absolute Gasteiger partial charge is 0.340 e. The second-order valence-corrected chi connectivity index (χ2v) is 3.83. The predicted molar refractivity (Wildman–Crippen MR) is 66.2 cm³/mol. The van der Waals surface area contributed by atoms with Gasteiger partial charge in [-0.05, 0) is 25.1 Å². The van der Waals surface area contributed by atoms with Crippen molar-refractivity contribution < 1.29 is 0 Å². The molecule has 84 valence electrons. The van der Waals surface area contributed by atoms with Gasteiger partial charge in [0, 0.05) is 11.8 Å². The van der Waals surface area contributed by atoms with Gasteiger partial charge >= 0.3 is 0 Å². The maximum atomic E-state index is 8.79. The van der Waals surface area contributed by atoms with Crippen LogP contribution in [0.4, 0.5) is 11.5 Å². The average Bonchev–Trinajstić information content (AvgIpc) is 2.28. The zero-order valence-electron chi connectivity index (χ0n) is 9.11. The Morgan fingerprint density at radius 3 is 2.82 bits per heavy atom. The maximum Gasteiger partial charge on any atom is 0.135 e. The summed E-state index contributed by atoms with van der Waals surface area (Å²) in [6, 6.07) is 10.8. The van der Waals surface area contributed by atoms with Crippen molar-refractivity contribution in [2.75, 3.05) is 5.32 Å². The van der Waals surface area contributed by atoms with Crippen LogP contribution in [0.3, 0.4) is 0 Å². The SMILES string of the molecule is Cc1nc(Cl)cc(Nc2cccc(C#N)c2)n1. The average molecular weight is 245 g/mol. The van der Waals surface area contributed by atoms with Gasteiger partial charge in [-0.2, -0.15) is 5.26 Å². The van der Waals surface area contributed by atoms with Crippen LogP contribution < -0.4 is 5.32 Å². The third kappa shape index (κ3) is 2.92. The number of rotatable bonds is 2. The van der Waals surface area contributed by atoms with E-state index in [9.17, 15) is 0 Å². The summed E-state index contributed by atoms with van der Waals surface area (Å²) in [6.07, 6.45) is 0. The van der Waals surface area contributed by atoms with E-state index in [0.717, 1.165) is 5.69 Å². The first-order valence-electron chi connectivity index (χ1n) is 4.96. The molecule has 0 atom stereocenters. The van der Waals surface area contributed by atoms with Crippen molar-refractivity contribution in [1.29, 1.82) is 5.26 Å². The van der Waals surface area contributed by atoms with E-state index in [4.69, 9.17) is 16.9 Å². The molecule has 2 rings (SSSR count). The first-order chi connectivity index (χ1) is 8.17. The van der Waals surface area contributed by atoms with Gasteiger partial charge in [0.1, 0.15) is 16.8 Å². The first kappa shape index (κ1) is 11.4. The minimum Gasteiger partial charge on any atom is -0.340 e. The van der Waals surface area contributed by atoms with Crippen molar-refractivity contribution in [2.45, 2.75) is 6.92 Å². The number of nitrogens with zero attached hydrogens (tertiary/aromatic N) is 3. The molecule has 0 fully saturated rings. The third-order valence-electron chi connectivity index (χ3n) is 2.07. The smallest absolute Gasteiger partial charge is 0.135 e. The molecular weight excluding hydrogens is 236 g/mol. The molecule has 0 saturated heterocycles. The Hall–Kier alpha value is -2.12. The Labute approximate surface area is 104 Å². The van der Waals surface area contributed by atoms with E-state index in [2.05, 4.69) is 21.4 Å². The van der Waals surface area contributed by atoms with Gasteiger partial charge in [-0.1, -0.05) is 17.7 Å². The Morgan fingerprint density at radius 2 is 2.12 bits per heavy atom. The number of hydrogen-bond donors (Lipinski definition) is 1. The van der Waals surface area contributed by atoms with E-state index in [1.807, 2.05) is 6.07 Å². The molecular formula is C12H9ClN4. The van der Waals surface area contributed by atoms with Crippen LogP contribution in [0, 0.1) is 18.3 Å². The van der Waals surface area contributed by atoms with Gasteiger partial charge in [-0.25, -0.2) is 9.97 Å². The van der Waals surface area contributed by atoms with Crippen LogP contribution in [-0.4, -0.2) is 9.97 Å². The van der Waals surface area contributed by atoms with E-state index in [0.29, 0.717) is 22.4 Å². The summed E-state index contributed by atoms with van der Waals surface area (Å²) in [5, 5.41) is 12.3. The van der Waals surface area contributed by atoms with Crippen molar-refractivity contribution in [2.24, 2.45) is 0 Å². The standard InChI is InChI=1S/C12H9ClN4/c1-8-15-11(13)6-12(16-8)17-10-4-2-3-9(5-10)7-14/h2-6H,1H3,(H,15,16,17). The quantitative estimate of drug-likeness (QED) is 0.825. The Kier molecular flexibility index (Phi) is 3.22. The Bertz CT molecular complexity index is 569.